The molecule has 0 amide bonds. The first-order valence-electron chi connectivity index (χ1n) is 12.6. The van der Waals surface area contributed by atoms with E-state index in [1.807, 2.05) is 39.0 Å². The molecule has 40 heavy (non-hydrogen) atoms. The van der Waals surface area contributed by atoms with E-state index < -0.39 is 11.4 Å². The Balaban J connectivity index is 1.75. The Morgan fingerprint density at radius 3 is 2.62 bits per heavy atom. The molecule has 8 nitrogen and oxygen atoms in total. The molecule has 4 rings (SSSR count). The molecule has 0 unspecified atom stereocenters. The highest BCUT2D eigenvalue weighted by atomic mass is 79.9. The molecule has 0 saturated carbocycles. The minimum atomic E-state index is -1.00. The summed E-state index contributed by atoms with van der Waals surface area (Å²) in [5, 5.41) is 14.3. The summed E-state index contributed by atoms with van der Waals surface area (Å²) in [6, 6.07) is 15.7. The number of aromatic nitrogens is 2. The van der Waals surface area contributed by atoms with E-state index in [-0.39, 0.29) is 17.7 Å². The Bertz CT molecular complexity index is 1690. The molecule has 1 N–H and O–H groups in total. The van der Waals surface area contributed by atoms with Crippen LogP contribution in [0.4, 0.5) is 0 Å². The van der Waals surface area contributed by atoms with Gasteiger partial charge < -0.3 is 14.6 Å². The second-order valence-corrected chi connectivity index (χ2v) is 11.1. The number of halogens is 1. The van der Waals surface area contributed by atoms with Crippen LogP contribution in [0.5, 0.6) is 11.5 Å². The summed E-state index contributed by atoms with van der Waals surface area (Å²) in [7, 11) is 1.54. The van der Waals surface area contributed by atoms with Crippen molar-refractivity contribution in [1.82, 2.24) is 9.66 Å². The van der Waals surface area contributed by atoms with E-state index in [4.69, 9.17) is 14.5 Å². The summed E-state index contributed by atoms with van der Waals surface area (Å²) < 4.78 is 13.9. The lowest BCUT2D eigenvalue weighted by atomic mass is 9.95. The van der Waals surface area contributed by atoms with Gasteiger partial charge in [-0.05, 0) is 60.0 Å². The summed E-state index contributed by atoms with van der Waals surface area (Å²) in [6.07, 6.45) is 3.83. The van der Waals surface area contributed by atoms with Crippen LogP contribution in [0.25, 0.3) is 10.9 Å². The van der Waals surface area contributed by atoms with Crippen LogP contribution in [0, 0.1) is 0 Å². The zero-order valence-electron chi connectivity index (χ0n) is 22.8. The number of aromatic carboxylic acids is 1. The van der Waals surface area contributed by atoms with Gasteiger partial charge in [0.15, 0.2) is 11.5 Å². The van der Waals surface area contributed by atoms with Crippen LogP contribution >= 0.6 is 15.9 Å². The quantitative estimate of drug-likeness (QED) is 0.176. The topological polar surface area (TPSA) is 103 Å². The highest BCUT2D eigenvalue weighted by molar-refractivity contribution is 9.10. The molecule has 9 heteroatoms. The third-order valence-corrected chi connectivity index (χ3v) is 6.59. The van der Waals surface area contributed by atoms with Crippen LogP contribution < -0.4 is 15.0 Å². The molecule has 0 aliphatic heterocycles. The molecule has 0 radical (unpaired) electrons. The number of carbonyl (C=O) groups is 1. The number of carboxylic acids is 1. The van der Waals surface area contributed by atoms with Crippen molar-refractivity contribution < 1.29 is 19.4 Å². The van der Waals surface area contributed by atoms with Gasteiger partial charge in [0.1, 0.15) is 12.4 Å². The van der Waals surface area contributed by atoms with Crippen molar-refractivity contribution in [3.8, 4) is 11.5 Å². The second-order valence-electron chi connectivity index (χ2n) is 10.2. The second kappa shape index (κ2) is 11.9. The number of benzene rings is 3. The lowest BCUT2D eigenvalue weighted by molar-refractivity contribution is 0.0696. The third kappa shape index (κ3) is 6.31. The highest BCUT2D eigenvalue weighted by Crippen LogP contribution is 2.34. The Kier molecular flexibility index (Phi) is 8.54. The van der Waals surface area contributed by atoms with Crippen molar-refractivity contribution in [3.63, 3.8) is 0 Å². The lowest BCUT2D eigenvalue weighted by Gasteiger charge is -2.21. The van der Waals surface area contributed by atoms with E-state index in [2.05, 4.69) is 27.6 Å². The fourth-order valence-corrected chi connectivity index (χ4v) is 4.56. The number of hydrogen-bond donors (Lipinski definition) is 1. The first-order valence-corrected chi connectivity index (χ1v) is 13.3. The maximum atomic E-state index is 13.5. The van der Waals surface area contributed by atoms with Crippen LogP contribution in [-0.4, -0.2) is 34.1 Å². The summed E-state index contributed by atoms with van der Waals surface area (Å²) in [6.45, 7) is 9.95. The van der Waals surface area contributed by atoms with Crippen LogP contribution in [0.3, 0.4) is 0 Å². The van der Waals surface area contributed by atoms with Crippen molar-refractivity contribution in [3.05, 3.63) is 110 Å². The summed E-state index contributed by atoms with van der Waals surface area (Å²) in [5.41, 5.74) is 2.28. The van der Waals surface area contributed by atoms with Gasteiger partial charge in [0, 0.05) is 15.5 Å². The van der Waals surface area contributed by atoms with Gasteiger partial charge in [-0.1, -0.05) is 54.9 Å². The zero-order valence-corrected chi connectivity index (χ0v) is 24.4. The van der Waals surface area contributed by atoms with Gasteiger partial charge in [0.05, 0.1) is 29.8 Å². The molecular formula is C31H30BrN3O5. The van der Waals surface area contributed by atoms with Gasteiger partial charge in [0.25, 0.3) is 5.56 Å². The number of rotatable bonds is 9. The van der Waals surface area contributed by atoms with E-state index >= 15 is 0 Å². The van der Waals surface area contributed by atoms with Crippen molar-refractivity contribution in [2.24, 2.45) is 5.10 Å². The Morgan fingerprint density at radius 1 is 1.18 bits per heavy atom. The van der Waals surface area contributed by atoms with Gasteiger partial charge in [0.2, 0.25) is 0 Å². The zero-order chi connectivity index (χ0) is 29.0. The number of hydrogen-bond acceptors (Lipinski definition) is 6. The standard InChI is InChI=1S/C31H30BrN3O5/c1-6-8-21-14-20(15-26(39-5)27(21)40-18-19-9-7-10-22(13-19)29(37)38)17-33-35-28(36)24-16-23(32)11-12-25(24)34-30(35)31(2,3)4/h6-7,9-17H,1,8,18H2,2-5H3,(H,37,38). The van der Waals surface area contributed by atoms with Crippen molar-refractivity contribution >= 4 is 39.0 Å². The van der Waals surface area contributed by atoms with E-state index in [1.54, 1.807) is 49.7 Å². The highest BCUT2D eigenvalue weighted by Gasteiger charge is 2.23. The van der Waals surface area contributed by atoms with Gasteiger partial charge in [-0.3, -0.25) is 4.79 Å². The predicted octanol–water partition coefficient (Wildman–Crippen LogP) is 6.35. The number of ether oxygens (including phenoxy) is 2. The number of methoxy groups -OCH3 is 1. The van der Waals surface area contributed by atoms with Gasteiger partial charge in [-0.15, -0.1) is 6.58 Å². The molecule has 1 heterocycles. The molecule has 206 valence electrons. The van der Waals surface area contributed by atoms with Crippen LogP contribution in [0.2, 0.25) is 0 Å². The average Bonchev–Trinajstić information content (AvgIpc) is 2.91. The van der Waals surface area contributed by atoms with Crippen molar-refractivity contribution in [2.75, 3.05) is 7.11 Å². The molecule has 0 spiro atoms. The first-order chi connectivity index (χ1) is 19.0. The van der Waals surface area contributed by atoms with E-state index in [0.717, 1.165) is 10.0 Å². The Labute approximate surface area is 240 Å². The lowest BCUT2D eigenvalue weighted by Crippen LogP contribution is -2.29. The normalized spacial score (nSPS) is 11.6. The van der Waals surface area contributed by atoms with E-state index in [9.17, 15) is 14.7 Å². The Hall–Kier alpha value is -4.24. The monoisotopic (exact) mass is 603 g/mol. The maximum absolute atomic E-state index is 13.5. The molecule has 1 aromatic heterocycles. The van der Waals surface area contributed by atoms with Crippen LogP contribution in [-0.2, 0) is 18.4 Å². The van der Waals surface area contributed by atoms with Gasteiger partial charge >= 0.3 is 5.97 Å². The number of allylic oxidation sites excluding steroid dienone is 1. The predicted molar refractivity (Wildman–Crippen MR) is 160 cm³/mol. The Morgan fingerprint density at radius 2 is 1.95 bits per heavy atom. The molecule has 3 aromatic carbocycles. The summed E-state index contributed by atoms with van der Waals surface area (Å²) in [4.78, 5) is 29.6. The minimum absolute atomic E-state index is 0.151. The maximum Gasteiger partial charge on any atom is 0.335 e. The van der Waals surface area contributed by atoms with Gasteiger partial charge in [-0.25, -0.2) is 9.78 Å². The molecule has 0 atom stereocenters. The van der Waals surface area contributed by atoms with Crippen LogP contribution in [0.15, 0.2) is 81.6 Å². The van der Waals surface area contributed by atoms with Crippen LogP contribution in [0.1, 0.15) is 53.6 Å². The average molecular weight is 605 g/mol. The van der Waals surface area contributed by atoms with Crippen molar-refractivity contribution in [2.45, 2.75) is 39.2 Å². The molecule has 4 aromatic rings. The molecule has 0 aliphatic rings. The molecule has 0 fully saturated rings. The number of fused-ring (bicyclic) bond motifs is 1. The first kappa shape index (κ1) is 28.8. The van der Waals surface area contributed by atoms with E-state index in [1.165, 1.54) is 10.7 Å². The smallest absolute Gasteiger partial charge is 0.335 e. The molecular weight excluding hydrogens is 574 g/mol. The van der Waals surface area contributed by atoms with Gasteiger partial charge in [-0.2, -0.15) is 9.78 Å². The third-order valence-electron chi connectivity index (χ3n) is 6.10. The fraction of sp³-hybridized carbons (Fsp3) is 0.226. The fourth-order valence-electron chi connectivity index (χ4n) is 4.20. The summed E-state index contributed by atoms with van der Waals surface area (Å²) in [5.74, 6) is 0.521. The van der Waals surface area contributed by atoms with E-state index in [0.29, 0.717) is 45.8 Å². The molecule has 0 bridgehead atoms. The van der Waals surface area contributed by atoms with Crippen molar-refractivity contribution in [1.29, 1.82) is 0 Å². The molecule has 0 aliphatic carbocycles. The largest absolute Gasteiger partial charge is 0.493 e. The number of carboxylic acid groups (broad SMARTS) is 1. The molecule has 0 saturated heterocycles. The summed E-state index contributed by atoms with van der Waals surface area (Å²) >= 11 is 3.43. The SMILES string of the molecule is C=CCc1cc(C=Nn2c(C(C)(C)C)nc3ccc(Br)cc3c2=O)cc(OC)c1OCc1cccc(C(=O)O)c1. The number of nitrogens with zero attached hydrogens (tertiary/aromatic N) is 3. The minimum Gasteiger partial charge on any atom is -0.493 e.